The zero-order valence-electron chi connectivity index (χ0n) is 8.82. The number of rotatable bonds is 2. The van der Waals surface area contributed by atoms with Crippen LogP contribution in [0.1, 0.15) is 16.0 Å². The second-order valence-electron chi connectivity index (χ2n) is 3.44. The van der Waals surface area contributed by atoms with Crippen LogP contribution in [0.5, 0.6) is 0 Å². The average molecular weight is 214 g/mol. The smallest absolute Gasteiger partial charge is 0.0229 e. The minimum atomic E-state index is 1.03. The fourth-order valence-electron chi connectivity index (χ4n) is 1.44. The minimum absolute atomic E-state index is 1.03. The lowest BCUT2D eigenvalue weighted by atomic mass is 10.1. The SMILES string of the molecule is Cc1cccc(C)c1N=[C-]c1cccs1. The van der Waals surface area contributed by atoms with Gasteiger partial charge in [0.15, 0.2) is 0 Å². The van der Waals surface area contributed by atoms with E-state index in [0.717, 1.165) is 10.6 Å². The van der Waals surface area contributed by atoms with Crippen LogP contribution in [0.25, 0.3) is 0 Å². The number of hydrogen-bond acceptors (Lipinski definition) is 2. The summed E-state index contributed by atoms with van der Waals surface area (Å²) in [5.41, 5.74) is 3.42. The molecule has 0 N–H and O–H groups in total. The molecule has 76 valence electrons. The fourth-order valence-corrected chi connectivity index (χ4v) is 1.99. The van der Waals surface area contributed by atoms with Gasteiger partial charge >= 0.3 is 0 Å². The first kappa shape index (κ1) is 10.1. The quantitative estimate of drug-likeness (QED) is 0.529. The Balaban J connectivity index is 2.32. The van der Waals surface area contributed by atoms with Gasteiger partial charge in [0.25, 0.3) is 0 Å². The second-order valence-corrected chi connectivity index (χ2v) is 4.39. The number of para-hydroxylation sites is 1. The Hall–Kier alpha value is -1.41. The summed E-state index contributed by atoms with van der Waals surface area (Å²) in [5.74, 6) is 0. The third-order valence-electron chi connectivity index (χ3n) is 2.24. The van der Waals surface area contributed by atoms with Gasteiger partial charge in [-0.15, -0.1) is 12.1 Å². The van der Waals surface area contributed by atoms with E-state index >= 15 is 0 Å². The molecule has 1 nitrogen and oxygen atoms in total. The van der Waals surface area contributed by atoms with E-state index < -0.39 is 0 Å². The van der Waals surface area contributed by atoms with Gasteiger partial charge in [-0.25, -0.2) is 0 Å². The molecule has 1 heterocycles. The normalized spacial score (nSPS) is 11.1. The third kappa shape index (κ3) is 2.34. The molecule has 2 heteroatoms. The first-order valence-corrected chi connectivity index (χ1v) is 5.72. The van der Waals surface area contributed by atoms with Gasteiger partial charge < -0.3 is 4.99 Å². The van der Waals surface area contributed by atoms with Gasteiger partial charge in [0, 0.05) is 0 Å². The van der Waals surface area contributed by atoms with Crippen molar-refractivity contribution in [3.8, 4) is 0 Å². The molecule has 0 unspecified atom stereocenters. The number of hydrogen-bond donors (Lipinski definition) is 0. The van der Waals surface area contributed by atoms with Crippen molar-refractivity contribution in [1.82, 2.24) is 0 Å². The van der Waals surface area contributed by atoms with Crippen LogP contribution in [0, 0.1) is 13.8 Å². The molecule has 0 bridgehead atoms. The maximum atomic E-state index is 4.41. The van der Waals surface area contributed by atoms with Crippen LogP contribution in [0.3, 0.4) is 0 Å². The summed E-state index contributed by atoms with van der Waals surface area (Å²) in [5, 5.41) is 2.03. The number of aryl methyl sites for hydroxylation is 2. The summed E-state index contributed by atoms with van der Waals surface area (Å²) in [6.07, 6.45) is 3.07. The molecule has 15 heavy (non-hydrogen) atoms. The van der Waals surface area contributed by atoms with Crippen molar-refractivity contribution in [2.75, 3.05) is 0 Å². The summed E-state index contributed by atoms with van der Waals surface area (Å²) in [4.78, 5) is 5.48. The zero-order chi connectivity index (χ0) is 10.7. The van der Waals surface area contributed by atoms with Crippen LogP contribution in [0.2, 0.25) is 0 Å². The molecule has 0 amide bonds. The Labute approximate surface area is 94.1 Å². The number of thiophene rings is 1. The fraction of sp³-hybridized carbons (Fsp3) is 0.154. The predicted molar refractivity (Wildman–Crippen MR) is 66.4 cm³/mol. The highest BCUT2D eigenvalue weighted by molar-refractivity contribution is 7.11. The molecule has 0 radical (unpaired) electrons. The standard InChI is InChI=1S/C13H12NS/c1-10-5-3-6-11(2)13(10)14-9-12-7-4-8-15-12/h3-8H,1-2H3/q-1. The summed E-state index contributed by atoms with van der Waals surface area (Å²) in [6.45, 7) is 4.14. The van der Waals surface area contributed by atoms with E-state index in [9.17, 15) is 0 Å². The van der Waals surface area contributed by atoms with Crippen LogP contribution in [-0.2, 0) is 0 Å². The Morgan fingerprint density at radius 1 is 1.07 bits per heavy atom. The lowest BCUT2D eigenvalue weighted by Crippen LogP contribution is -1.80. The van der Waals surface area contributed by atoms with Gasteiger partial charge in [-0.05, 0) is 24.9 Å². The Morgan fingerprint density at radius 2 is 1.80 bits per heavy atom. The first-order valence-electron chi connectivity index (χ1n) is 4.84. The lowest BCUT2D eigenvalue weighted by Gasteiger charge is -2.09. The van der Waals surface area contributed by atoms with E-state index in [1.165, 1.54) is 11.1 Å². The molecule has 0 aliphatic carbocycles. The van der Waals surface area contributed by atoms with E-state index in [2.05, 4.69) is 43.3 Å². The molecule has 2 rings (SSSR count). The number of benzene rings is 1. The van der Waals surface area contributed by atoms with E-state index in [0.29, 0.717) is 0 Å². The van der Waals surface area contributed by atoms with Crippen molar-refractivity contribution in [1.29, 1.82) is 0 Å². The number of aliphatic imine (C=N–C) groups is 1. The molecule has 0 aliphatic heterocycles. The van der Waals surface area contributed by atoms with Crippen LogP contribution in [0.4, 0.5) is 5.69 Å². The van der Waals surface area contributed by atoms with Gasteiger partial charge in [0.05, 0.1) is 0 Å². The maximum absolute atomic E-state index is 4.41. The molecule has 1 aromatic carbocycles. The monoisotopic (exact) mass is 214 g/mol. The van der Waals surface area contributed by atoms with Crippen molar-refractivity contribution in [3.05, 3.63) is 51.7 Å². The Kier molecular flexibility index (Phi) is 2.97. The summed E-state index contributed by atoms with van der Waals surface area (Å²) in [7, 11) is 0. The zero-order valence-corrected chi connectivity index (χ0v) is 9.64. The van der Waals surface area contributed by atoms with E-state index in [4.69, 9.17) is 0 Å². The van der Waals surface area contributed by atoms with Crippen molar-refractivity contribution in [2.24, 2.45) is 4.99 Å². The number of nitrogens with zero attached hydrogens (tertiary/aromatic N) is 1. The highest BCUT2D eigenvalue weighted by atomic mass is 32.1. The molecular formula is C13H12NS-. The predicted octanol–water partition coefficient (Wildman–Crippen LogP) is 3.99. The van der Waals surface area contributed by atoms with Gasteiger partial charge in [-0.2, -0.15) is 11.3 Å². The summed E-state index contributed by atoms with van der Waals surface area (Å²) >= 11 is 1.65. The summed E-state index contributed by atoms with van der Waals surface area (Å²) < 4.78 is 0. The van der Waals surface area contributed by atoms with Crippen LogP contribution < -0.4 is 0 Å². The van der Waals surface area contributed by atoms with Gasteiger partial charge in [0.1, 0.15) is 0 Å². The molecule has 0 saturated carbocycles. The first-order chi connectivity index (χ1) is 7.27. The molecule has 1 aromatic heterocycles. The van der Waals surface area contributed by atoms with Gasteiger partial charge in [-0.1, -0.05) is 40.4 Å². The van der Waals surface area contributed by atoms with Crippen molar-refractivity contribution >= 4 is 23.2 Å². The van der Waals surface area contributed by atoms with E-state index in [1.807, 2.05) is 17.5 Å². The maximum Gasteiger partial charge on any atom is -0.0229 e. The van der Waals surface area contributed by atoms with Crippen molar-refractivity contribution < 1.29 is 0 Å². The lowest BCUT2D eigenvalue weighted by molar-refractivity contribution is 1.33. The van der Waals surface area contributed by atoms with Crippen molar-refractivity contribution in [3.63, 3.8) is 0 Å². The Bertz CT molecular complexity index is 449. The van der Waals surface area contributed by atoms with Gasteiger partial charge in [-0.3, -0.25) is 0 Å². The molecule has 2 aromatic rings. The largest absolute Gasteiger partial charge is 0.384 e. The Morgan fingerprint density at radius 3 is 2.40 bits per heavy atom. The average Bonchev–Trinajstić information content (AvgIpc) is 2.70. The molecule has 0 atom stereocenters. The van der Waals surface area contributed by atoms with E-state index in [-0.39, 0.29) is 0 Å². The minimum Gasteiger partial charge on any atom is -0.384 e. The molecule has 0 spiro atoms. The van der Waals surface area contributed by atoms with Crippen LogP contribution in [0.15, 0.2) is 40.7 Å². The van der Waals surface area contributed by atoms with E-state index in [1.54, 1.807) is 11.3 Å². The molecule has 0 fully saturated rings. The molecule has 0 aliphatic rings. The van der Waals surface area contributed by atoms with Gasteiger partial charge in [0.2, 0.25) is 0 Å². The highest BCUT2D eigenvalue weighted by Gasteiger charge is 1.91. The molecule has 0 saturated heterocycles. The topological polar surface area (TPSA) is 12.4 Å². The van der Waals surface area contributed by atoms with Crippen molar-refractivity contribution in [2.45, 2.75) is 13.8 Å². The summed E-state index contributed by atoms with van der Waals surface area (Å²) in [6, 6.07) is 10.2. The van der Waals surface area contributed by atoms with Crippen LogP contribution in [-0.4, -0.2) is 6.21 Å². The molecular weight excluding hydrogens is 202 g/mol. The highest BCUT2D eigenvalue weighted by Crippen LogP contribution is 2.23. The third-order valence-corrected chi connectivity index (χ3v) is 3.01. The van der Waals surface area contributed by atoms with Crippen LogP contribution >= 0.6 is 11.3 Å². The second kappa shape index (κ2) is 4.41.